The van der Waals surface area contributed by atoms with Gasteiger partial charge in [-0.05, 0) is 71.2 Å². The van der Waals surface area contributed by atoms with Gasteiger partial charge in [0, 0.05) is 21.9 Å². The smallest absolute Gasteiger partial charge is 0.130 e. The van der Waals surface area contributed by atoms with E-state index in [2.05, 4.69) is 91.6 Å². The molecule has 1 aliphatic rings. The second kappa shape index (κ2) is 8.70. The molecule has 2 aromatic rings. The van der Waals surface area contributed by atoms with Crippen LogP contribution in [0.4, 0.5) is 0 Å². The van der Waals surface area contributed by atoms with E-state index < -0.39 is 0 Å². The number of hydrogen-bond acceptors (Lipinski definition) is 2. The van der Waals surface area contributed by atoms with Crippen LogP contribution in [0.3, 0.4) is 0 Å². The van der Waals surface area contributed by atoms with E-state index in [9.17, 15) is 0 Å². The van der Waals surface area contributed by atoms with Gasteiger partial charge in [-0.1, -0.05) is 24.3 Å². The summed E-state index contributed by atoms with van der Waals surface area (Å²) in [7, 11) is 0. The first kappa shape index (κ1) is 18.2. The summed E-state index contributed by atoms with van der Waals surface area (Å²) in [4.78, 5) is 3.87. The van der Waals surface area contributed by atoms with Crippen LogP contribution in [0.1, 0.15) is 11.1 Å². The maximum absolute atomic E-state index is 2.23. The van der Waals surface area contributed by atoms with Crippen LogP contribution in [-0.2, 0) is 11.4 Å². The Morgan fingerprint density at radius 2 is 1.12 bits per heavy atom. The van der Waals surface area contributed by atoms with Crippen LogP contribution in [0.15, 0.2) is 88.2 Å². The molecule has 2 aromatic carbocycles. The monoisotopic (exact) mass is 381 g/mol. The Morgan fingerprint density at radius 3 is 1.48 bits per heavy atom. The summed E-state index contributed by atoms with van der Waals surface area (Å²) in [5, 5.41) is 0. The SMILES string of the molecule is CSc1ccc(C(=C2C=CC(=[S+]C)C=C2)c2ccc(SC)cc2)cc1. The normalized spacial score (nSPS) is 13.2. The molecule has 3 heteroatoms. The van der Waals surface area contributed by atoms with E-state index in [1.165, 1.54) is 36.9 Å². The molecule has 126 valence electrons. The molecule has 0 fully saturated rings. The van der Waals surface area contributed by atoms with Crippen LogP contribution in [0, 0.1) is 0 Å². The van der Waals surface area contributed by atoms with Crippen LogP contribution in [0.25, 0.3) is 5.57 Å². The maximum Gasteiger partial charge on any atom is 0.224 e. The Bertz CT molecular complexity index is 784. The molecule has 1 aliphatic carbocycles. The molecule has 3 rings (SSSR count). The van der Waals surface area contributed by atoms with Crippen molar-refractivity contribution in [2.75, 3.05) is 18.8 Å². The van der Waals surface area contributed by atoms with Gasteiger partial charge < -0.3 is 0 Å². The Balaban J connectivity index is 2.12. The lowest BCUT2D eigenvalue weighted by Gasteiger charge is -2.14. The highest BCUT2D eigenvalue weighted by molar-refractivity contribution is 7.98. The van der Waals surface area contributed by atoms with Crippen molar-refractivity contribution in [3.05, 3.63) is 89.5 Å². The Hall–Kier alpha value is -1.55. The summed E-state index contributed by atoms with van der Waals surface area (Å²) in [6.45, 7) is 0. The van der Waals surface area contributed by atoms with Crippen molar-refractivity contribution >= 4 is 45.3 Å². The molecule has 25 heavy (non-hydrogen) atoms. The van der Waals surface area contributed by atoms with Crippen LogP contribution in [-0.4, -0.2) is 23.6 Å². The van der Waals surface area contributed by atoms with Gasteiger partial charge in [0.1, 0.15) is 0 Å². The molecule has 0 aromatic heterocycles. The first-order valence-electron chi connectivity index (χ1n) is 8.05. The number of allylic oxidation sites excluding steroid dienone is 5. The molecular formula is C22H21S3+. The lowest BCUT2D eigenvalue weighted by atomic mass is 9.91. The summed E-state index contributed by atoms with van der Waals surface area (Å²) in [5.41, 5.74) is 5.05. The minimum Gasteiger partial charge on any atom is -0.130 e. The van der Waals surface area contributed by atoms with E-state index in [0.29, 0.717) is 0 Å². The lowest BCUT2D eigenvalue weighted by Crippen LogP contribution is -1.98. The highest BCUT2D eigenvalue weighted by Gasteiger charge is 2.13. The first-order valence-corrected chi connectivity index (χ1v) is 11.7. The molecule has 0 radical (unpaired) electrons. The Labute approximate surface area is 163 Å². The van der Waals surface area contributed by atoms with E-state index in [0.717, 1.165) is 0 Å². The second-order valence-corrected chi connectivity index (χ2v) is 8.20. The van der Waals surface area contributed by atoms with Crippen LogP contribution in [0.5, 0.6) is 0 Å². The molecule has 0 N–H and O–H groups in total. The third-order valence-electron chi connectivity index (χ3n) is 4.14. The highest BCUT2D eigenvalue weighted by Crippen LogP contribution is 2.31. The summed E-state index contributed by atoms with van der Waals surface area (Å²) in [6, 6.07) is 17.7. The molecule has 0 amide bonds. The minimum absolute atomic E-state index is 1.26. The van der Waals surface area contributed by atoms with Crippen molar-refractivity contribution in [1.82, 2.24) is 0 Å². The average Bonchev–Trinajstić information content (AvgIpc) is 2.70. The topological polar surface area (TPSA) is 0 Å². The van der Waals surface area contributed by atoms with E-state index in [4.69, 9.17) is 0 Å². The Morgan fingerprint density at radius 1 is 0.680 bits per heavy atom. The van der Waals surface area contributed by atoms with Gasteiger partial charge >= 0.3 is 0 Å². The fraction of sp³-hybridized carbons (Fsp3) is 0.136. The molecule has 0 nitrogen and oxygen atoms in total. The molecule has 0 saturated heterocycles. The highest BCUT2D eigenvalue weighted by atomic mass is 32.2. The molecule has 0 unspecified atom stereocenters. The first-order chi connectivity index (χ1) is 12.2. The largest absolute Gasteiger partial charge is 0.224 e. The third-order valence-corrected chi connectivity index (χ3v) is 6.37. The fourth-order valence-corrected chi connectivity index (χ4v) is 4.00. The Kier molecular flexibility index (Phi) is 6.35. The standard InChI is InChI=1S/C22H21S3/c1-23-19-10-4-16(5-11-19)22(17-6-12-20(24-2)13-7-17)18-8-14-21(25-3)15-9-18/h4-15H,1-3H3/q+1. The quantitative estimate of drug-likeness (QED) is 0.365. The average molecular weight is 382 g/mol. The third kappa shape index (κ3) is 4.35. The van der Waals surface area contributed by atoms with Gasteiger partial charge in [-0.2, -0.15) is 0 Å². The van der Waals surface area contributed by atoms with Crippen LogP contribution >= 0.6 is 23.5 Å². The molecule has 0 bridgehead atoms. The van der Waals surface area contributed by atoms with Crippen molar-refractivity contribution in [3.63, 3.8) is 0 Å². The van der Waals surface area contributed by atoms with Gasteiger partial charge in [0.25, 0.3) is 0 Å². The summed E-state index contributed by atoms with van der Waals surface area (Å²) < 4.78 is 0. The molecule has 0 aliphatic heterocycles. The predicted octanol–water partition coefficient (Wildman–Crippen LogP) is 5.94. The lowest BCUT2D eigenvalue weighted by molar-refractivity contribution is 1.40. The molecular weight excluding hydrogens is 360 g/mol. The molecule has 0 spiro atoms. The van der Waals surface area contributed by atoms with E-state index in [1.54, 1.807) is 34.9 Å². The number of hydrogen-bond donors (Lipinski definition) is 0. The van der Waals surface area contributed by atoms with Gasteiger partial charge in [-0.15, -0.1) is 23.5 Å². The zero-order valence-corrected chi connectivity index (χ0v) is 17.1. The molecule has 0 heterocycles. The number of benzene rings is 2. The predicted molar refractivity (Wildman–Crippen MR) is 119 cm³/mol. The van der Waals surface area contributed by atoms with Gasteiger partial charge in [-0.25, -0.2) is 0 Å². The summed E-state index contributed by atoms with van der Waals surface area (Å²) >= 11 is 5.33. The van der Waals surface area contributed by atoms with Crippen molar-refractivity contribution in [3.8, 4) is 0 Å². The molecule has 0 atom stereocenters. The van der Waals surface area contributed by atoms with Gasteiger partial charge in [0.2, 0.25) is 4.86 Å². The van der Waals surface area contributed by atoms with Crippen molar-refractivity contribution in [2.24, 2.45) is 0 Å². The van der Waals surface area contributed by atoms with E-state index in [1.807, 2.05) is 0 Å². The zero-order chi connectivity index (χ0) is 17.6. The number of thioether (sulfide) groups is 2. The summed E-state index contributed by atoms with van der Waals surface area (Å²) in [5.74, 6) is 0. The second-order valence-electron chi connectivity index (χ2n) is 5.56. The summed E-state index contributed by atoms with van der Waals surface area (Å²) in [6.07, 6.45) is 15.2. The minimum atomic E-state index is 1.26. The fourth-order valence-electron chi connectivity index (χ4n) is 2.77. The van der Waals surface area contributed by atoms with Crippen molar-refractivity contribution in [2.45, 2.75) is 9.79 Å². The molecule has 0 saturated carbocycles. The maximum atomic E-state index is 2.23. The zero-order valence-electron chi connectivity index (χ0n) is 14.7. The van der Waals surface area contributed by atoms with Crippen molar-refractivity contribution < 1.29 is 0 Å². The van der Waals surface area contributed by atoms with Gasteiger partial charge in [0.05, 0.1) is 0 Å². The van der Waals surface area contributed by atoms with Gasteiger partial charge in [0.15, 0.2) is 17.6 Å². The van der Waals surface area contributed by atoms with E-state index in [-0.39, 0.29) is 0 Å². The van der Waals surface area contributed by atoms with Crippen LogP contribution in [0.2, 0.25) is 0 Å². The van der Waals surface area contributed by atoms with Gasteiger partial charge in [-0.3, -0.25) is 0 Å². The van der Waals surface area contributed by atoms with Crippen LogP contribution < -0.4 is 0 Å². The van der Waals surface area contributed by atoms with Crippen molar-refractivity contribution in [1.29, 1.82) is 0 Å². The number of rotatable bonds is 4. The van der Waals surface area contributed by atoms with E-state index >= 15 is 0 Å².